The molecule has 0 bridgehead atoms. The lowest BCUT2D eigenvalue weighted by molar-refractivity contribution is 0.414. The Labute approximate surface area is 129 Å². The molecule has 1 N–H and O–H groups in total. The lowest BCUT2D eigenvalue weighted by Crippen LogP contribution is -2.01. The predicted octanol–water partition coefficient (Wildman–Crippen LogP) is 3.50. The minimum Gasteiger partial charge on any atom is -0.497 e. The normalized spacial score (nSPS) is 11.2. The lowest BCUT2D eigenvalue weighted by atomic mass is 10.3. The molecule has 5 nitrogen and oxygen atoms in total. The SMILES string of the molecule is COc1cc(Br)cc(-n2c(=S)[nH]c3c(C)nn(C)c32)c1. The molecule has 0 aliphatic heterocycles. The molecule has 0 amide bonds. The van der Waals surface area contributed by atoms with Crippen LogP contribution in [-0.4, -0.2) is 26.4 Å². The fourth-order valence-electron chi connectivity index (χ4n) is 2.34. The van der Waals surface area contributed by atoms with Gasteiger partial charge in [0.05, 0.1) is 18.5 Å². The van der Waals surface area contributed by atoms with Crippen LogP contribution in [0, 0.1) is 11.7 Å². The number of aryl methyl sites for hydroxylation is 2. The Morgan fingerprint density at radius 1 is 1.35 bits per heavy atom. The van der Waals surface area contributed by atoms with Crippen LogP contribution in [0.2, 0.25) is 0 Å². The standard InChI is InChI=1S/C13H13BrN4OS/c1-7-11-12(17(2)16-7)18(13(20)15-11)9-4-8(14)5-10(6-9)19-3/h4-6H,1-3H3,(H,15,20). The number of methoxy groups -OCH3 is 1. The largest absolute Gasteiger partial charge is 0.497 e. The van der Waals surface area contributed by atoms with Gasteiger partial charge in [0.25, 0.3) is 0 Å². The number of fused-ring (bicyclic) bond motifs is 1. The van der Waals surface area contributed by atoms with Crippen molar-refractivity contribution in [1.29, 1.82) is 0 Å². The van der Waals surface area contributed by atoms with E-state index in [9.17, 15) is 0 Å². The lowest BCUT2D eigenvalue weighted by Gasteiger charge is -2.08. The van der Waals surface area contributed by atoms with E-state index in [-0.39, 0.29) is 0 Å². The van der Waals surface area contributed by atoms with Crippen LogP contribution in [0.5, 0.6) is 5.75 Å². The van der Waals surface area contributed by atoms with Crippen LogP contribution in [0.3, 0.4) is 0 Å². The fraction of sp³-hybridized carbons (Fsp3) is 0.231. The van der Waals surface area contributed by atoms with Crippen LogP contribution in [0.1, 0.15) is 5.69 Å². The second-order valence-electron chi connectivity index (χ2n) is 4.52. The van der Waals surface area contributed by atoms with E-state index in [0.717, 1.165) is 32.8 Å². The zero-order valence-electron chi connectivity index (χ0n) is 11.3. The van der Waals surface area contributed by atoms with E-state index < -0.39 is 0 Å². The Morgan fingerprint density at radius 3 is 2.80 bits per heavy atom. The van der Waals surface area contributed by atoms with E-state index in [1.807, 2.05) is 41.4 Å². The number of hydrogen-bond donors (Lipinski definition) is 1. The fourth-order valence-corrected chi connectivity index (χ4v) is 3.10. The zero-order valence-corrected chi connectivity index (χ0v) is 13.7. The van der Waals surface area contributed by atoms with Gasteiger partial charge in [-0.15, -0.1) is 0 Å². The van der Waals surface area contributed by atoms with Gasteiger partial charge in [-0.25, -0.2) is 4.68 Å². The second kappa shape index (κ2) is 4.75. The van der Waals surface area contributed by atoms with Crippen LogP contribution < -0.4 is 4.74 Å². The van der Waals surface area contributed by atoms with Gasteiger partial charge < -0.3 is 9.72 Å². The number of ether oxygens (including phenoxy) is 1. The maximum Gasteiger partial charge on any atom is 0.184 e. The topological polar surface area (TPSA) is 47.8 Å². The van der Waals surface area contributed by atoms with Crippen molar-refractivity contribution in [1.82, 2.24) is 19.3 Å². The molecule has 0 saturated heterocycles. The summed E-state index contributed by atoms with van der Waals surface area (Å²) in [6.07, 6.45) is 0. The Kier molecular flexibility index (Phi) is 3.18. The molecule has 7 heteroatoms. The number of aromatic amines is 1. The number of nitrogens with one attached hydrogen (secondary N) is 1. The van der Waals surface area contributed by atoms with Gasteiger partial charge in [-0.3, -0.25) is 4.57 Å². The summed E-state index contributed by atoms with van der Waals surface area (Å²) in [5.41, 5.74) is 3.74. The summed E-state index contributed by atoms with van der Waals surface area (Å²) in [4.78, 5) is 3.21. The molecule has 0 aliphatic rings. The van der Waals surface area contributed by atoms with E-state index >= 15 is 0 Å². The molecular formula is C13H13BrN4OS. The van der Waals surface area contributed by atoms with Crippen molar-refractivity contribution in [3.05, 3.63) is 33.1 Å². The first-order chi connectivity index (χ1) is 9.51. The van der Waals surface area contributed by atoms with Gasteiger partial charge in [-0.05, 0) is 31.3 Å². The summed E-state index contributed by atoms with van der Waals surface area (Å²) in [5, 5.41) is 4.42. The third-order valence-electron chi connectivity index (χ3n) is 3.19. The van der Waals surface area contributed by atoms with Gasteiger partial charge in [-0.2, -0.15) is 5.10 Å². The Morgan fingerprint density at radius 2 is 2.10 bits per heavy atom. The maximum atomic E-state index is 5.44. The van der Waals surface area contributed by atoms with Crippen molar-refractivity contribution in [3.63, 3.8) is 0 Å². The highest BCUT2D eigenvalue weighted by Gasteiger charge is 2.14. The van der Waals surface area contributed by atoms with Crippen LogP contribution in [-0.2, 0) is 7.05 Å². The van der Waals surface area contributed by atoms with Crippen molar-refractivity contribution in [2.45, 2.75) is 6.92 Å². The monoisotopic (exact) mass is 352 g/mol. The minimum absolute atomic E-state index is 0.635. The van der Waals surface area contributed by atoms with Gasteiger partial charge in [0.1, 0.15) is 11.3 Å². The molecule has 0 radical (unpaired) electrons. The first-order valence-corrected chi connectivity index (χ1v) is 7.20. The van der Waals surface area contributed by atoms with Crippen LogP contribution in [0.15, 0.2) is 22.7 Å². The first kappa shape index (κ1) is 13.4. The number of nitrogens with zero attached hydrogens (tertiary/aromatic N) is 3. The average molecular weight is 353 g/mol. The molecule has 2 heterocycles. The summed E-state index contributed by atoms with van der Waals surface area (Å²) < 4.78 is 10.7. The molecule has 0 aliphatic carbocycles. The highest BCUT2D eigenvalue weighted by Crippen LogP contribution is 2.27. The number of aromatic nitrogens is 4. The first-order valence-electron chi connectivity index (χ1n) is 6.00. The van der Waals surface area contributed by atoms with Gasteiger partial charge >= 0.3 is 0 Å². The average Bonchev–Trinajstić information content (AvgIpc) is 2.87. The summed E-state index contributed by atoms with van der Waals surface area (Å²) >= 11 is 8.93. The predicted molar refractivity (Wildman–Crippen MR) is 84.2 cm³/mol. The van der Waals surface area contributed by atoms with Crippen LogP contribution >= 0.6 is 28.1 Å². The highest BCUT2D eigenvalue weighted by molar-refractivity contribution is 9.10. The van der Waals surface area contributed by atoms with Crippen molar-refractivity contribution in [2.24, 2.45) is 7.05 Å². The van der Waals surface area contributed by atoms with Crippen molar-refractivity contribution in [3.8, 4) is 11.4 Å². The van der Waals surface area contributed by atoms with Crippen molar-refractivity contribution in [2.75, 3.05) is 7.11 Å². The van der Waals surface area contributed by atoms with Gasteiger partial charge in [0.2, 0.25) is 0 Å². The molecule has 104 valence electrons. The van der Waals surface area contributed by atoms with E-state index in [2.05, 4.69) is 26.0 Å². The van der Waals surface area contributed by atoms with E-state index in [0.29, 0.717) is 4.77 Å². The maximum absolute atomic E-state index is 5.44. The minimum atomic E-state index is 0.635. The van der Waals surface area contributed by atoms with Crippen molar-refractivity contribution < 1.29 is 4.74 Å². The molecule has 20 heavy (non-hydrogen) atoms. The number of imidazole rings is 1. The summed E-state index contributed by atoms with van der Waals surface area (Å²) in [7, 11) is 3.55. The van der Waals surface area contributed by atoms with Crippen LogP contribution in [0.4, 0.5) is 0 Å². The molecule has 2 aromatic heterocycles. The smallest absolute Gasteiger partial charge is 0.184 e. The van der Waals surface area contributed by atoms with Gasteiger partial charge in [0, 0.05) is 17.6 Å². The highest BCUT2D eigenvalue weighted by atomic mass is 79.9. The Hall–Kier alpha value is -1.60. The number of benzene rings is 1. The van der Waals surface area contributed by atoms with E-state index in [4.69, 9.17) is 17.0 Å². The number of rotatable bonds is 2. The third kappa shape index (κ3) is 1.97. The van der Waals surface area contributed by atoms with Gasteiger partial charge in [-0.1, -0.05) is 15.9 Å². The Bertz CT molecular complexity index is 861. The van der Waals surface area contributed by atoms with E-state index in [1.54, 1.807) is 7.11 Å². The molecule has 0 saturated carbocycles. The number of halogens is 1. The molecule has 0 fully saturated rings. The van der Waals surface area contributed by atoms with Crippen molar-refractivity contribution >= 4 is 39.3 Å². The molecule has 3 rings (SSSR count). The molecule has 3 aromatic rings. The Balaban J connectivity index is 2.37. The molecular weight excluding hydrogens is 340 g/mol. The summed E-state index contributed by atoms with van der Waals surface area (Å²) in [6, 6.07) is 5.84. The molecule has 0 atom stereocenters. The quantitative estimate of drug-likeness (QED) is 0.718. The summed E-state index contributed by atoms with van der Waals surface area (Å²) in [6.45, 7) is 1.96. The molecule has 1 aromatic carbocycles. The molecule has 0 unspecified atom stereocenters. The third-order valence-corrected chi connectivity index (χ3v) is 3.93. The van der Waals surface area contributed by atoms with Crippen LogP contribution in [0.25, 0.3) is 16.9 Å². The molecule has 0 spiro atoms. The number of H-pyrrole nitrogens is 1. The van der Waals surface area contributed by atoms with Gasteiger partial charge in [0.15, 0.2) is 10.4 Å². The van der Waals surface area contributed by atoms with E-state index in [1.165, 1.54) is 0 Å². The number of hydrogen-bond acceptors (Lipinski definition) is 3. The second-order valence-corrected chi connectivity index (χ2v) is 5.82. The zero-order chi connectivity index (χ0) is 14.4. The summed E-state index contributed by atoms with van der Waals surface area (Å²) in [5.74, 6) is 0.768.